The lowest BCUT2D eigenvalue weighted by molar-refractivity contribution is -0.118. The van der Waals surface area contributed by atoms with Crippen molar-refractivity contribution in [1.29, 1.82) is 0 Å². The van der Waals surface area contributed by atoms with Crippen LogP contribution in [0.3, 0.4) is 0 Å². The van der Waals surface area contributed by atoms with Crippen LogP contribution in [0.4, 0.5) is 0 Å². The average molecular weight is 303 g/mol. The molecule has 3 aromatic rings. The van der Waals surface area contributed by atoms with Gasteiger partial charge in [0.1, 0.15) is 5.78 Å². The normalized spacial score (nSPS) is 21.2. The summed E-state index contributed by atoms with van der Waals surface area (Å²) >= 11 is 0. The summed E-state index contributed by atoms with van der Waals surface area (Å²) in [7, 11) is 2.06. The minimum atomic E-state index is 0.0646. The molecule has 0 bridgehead atoms. The summed E-state index contributed by atoms with van der Waals surface area (Å²) in [6, 6.07) is 18.9. The Hall–Kier alpha value is -2.35. The van der Waals surface area contributed by atoms with Crippen LogP contribution in [0.2, 0.25) is 0 Å². The fraction of sp³-hybridized carbons (Fsp3) is 0.286. The first kappa shape index (κ1) is 14.3. The number of fused-ring (bicyclic) bond motifs is 1. The molecule has 0 radical (unpaired) electrons. The molecule has 1 aliphatic rings. The number of nitrogens with zero attached hydrogens (tertiary/aromatic N) is 1. The van der Waals surface area contributed by atoms with Crippen LogP contribution in [0.25, 0.3) is 10.9 Å². The topological polar surface area (TPSA) is 22.0 Å². The molecule has 1 fully saturated rings. The van der Waals surface area contributed by atoms with Crippen LogP contribution in [0.5, 0.6) is 0 Å². The van der Waals surface area contributed by atoms with Gasteiger partial charge in [-0.05, 0) is 36.0 Å². The number of para-hydroxylation sites is 1. The molecular formula is C21H21NO. The molecule has 0 saturated heterocycles. The van der Waals surface area contributed by atoms with Crippen LogP contribution in [-0.2, 0) is 18.3 Å². The van der Waals surface area contributed by atoms with Gasteiger partial charge < -0.3 is 4.57 Å². The average Bonchev–Trinajstić information content (AvgIpc) is 3.09. The van der Waals surface area contributed by atoms with Crippen molar-refractivity contribution in [3.63, 3.8) is 0 Å². The van der Waals surface area contributed by atoms with Gasteiger partial charge >= 0.3 is 0 Å². The van der Waals surface area contributed by atoms with Gasteiger partial charge in [0.15, 0.2) is 0 Å². The number of hydrogen-bond donors (Lipinski definition) is 0. The Morgan fingerprint density at radius 1 is 1.04 bits per heavy atom. The van der Waals surface area contributed by atoms with Crippen LogP contribution in [-0.4, -0.2) is 10.4 Å². The number of carbonyl (C=O) groups excluding carboxylic acids is 1. The lowest BCUT2D eigenvalue weighted by atomic mass is 9.93. The Labute approximate surface area is 136 Å². The highest BCUT2D eigenvalue weighted by atomic mass is 16.1. The smallest absolute Gasteiger partial charge is 0.140 e. The molecule has 1 saturated carbocycles. The minimum Gasteiger partial charge on any atom is -0.350 e. The van der Waals surface area contributed by atoms with Gasteiger partial charge in [0.05, 0.1) is 0 Å². The molecule has 2 aromatic carbocycles. The third kappa shape index (κ3) is 2.59. The van der Waals surface area contributed by atoms with Crippen molar-refractivity contribution in [2.24, 2.45) is 13.0 Å². The molecule has 0 amide bonds. The molecule has 2 nitrogen and oxygen atoms in total. The van der Waals surface area contributed by atoms with Crippen LogP contribution < -0.4 is 0 Å². The molecule has 1 aliphatic carbocycles. The van der Waals surface area contributed by atoms with Gasteiger partial charge in [-0.25, -0.2) is 0 Å². The Bertz CT molecular complexity index is 847. The van der Waals surface area contributed by atoms with Crippen molar-refractivity contribution in [2.45, 2.75) is 25.2 Å². The Morgan fingerprint density at radius 3 is 2.61 bits per heavy atom. The summed E-state index contributed by atoms with van der Waals surface area (Å²) in [6.07, 6.45) is 4.84. The third-order valence-corrected chi connectivity index (χ3v) is 5.12. The lowest BCUT2D eigenvalue weighted by Crippen LogP contribution is -2.03. The molecule has 1 unspecified atom stereocenters. The fourth-order valence-electron chi connectivity index (χ4n) is 4.03. The van der Waals surface area contributed by atoms with E-state index in [1.165, 1.54) is 22.0 Å². The summed E-state index contributed by atoms with van der Waals surface area (Å²) in [6.45, 7) is 0. The quantitative estimate of drug-likeness (QED) is 0.699. The SMILES string of the molecule is Cn1cc([C@@H]2CC(Cc3ccccc3)CC2=O)c2ccccc21. The summed E-state index contributed by atoms with van der Waals surface area (Å²) in [4.78, 5) is 12.6. The van der Waals surface area contributed by atoms with Crippen LogP contribution >= 0.6 is 0 Å². The van der Waals surface area contributed by atoms with Crippen molar-refractivity contribution in [1.82, 2.24) is 4.57 Å². The summed E-state index contributed by atoms with van der Waals surface area (Å²) in [5.74, 6) is 0.936. The van der Waals surface area contributed by atoms with Gasteiger partial charge in [0.2, 0.25) is 0 Å². The fourth-order valence-corrected chi connectivity index (χ4v) is 4.03. The van der Waals surface area contributed by atoms with Gasteiger partial charge in [0.25, 0.3) is 0 Å². The number of aryl methyl sites for hydroxylation is 1. The first-order chi connectivity index (χ1) is 11.2. The van der Waals surface area contributed by atoms with E-state index in [0.29, 0.717) is 18.1 Å². The number of rotatable bonds is 3. The number of Topliss-reactive ketones (excluding diaryl/α,β-unsaturated/α-hetero) is 1. The summed E-state index contributed by atoms with van der Waals surface area (Å²) in [5, 5.41) is 1.23. The minimum absolute atomic E-state index is 0.0646. The zero-order chi connectivity index (χ0) is 15.8. The molecule has 2 atom stereocenters. The molecular weight excluding hydrogens is 282 g/mol. The molecule has 116 valence electrons. The van der Waals surface area contributed by atoms with E-state index >= 15 is 0 Å². The molecule has 4 rings (SSSR count). The maximum Gasteiger partial charge on any atom is 0.140 e. The van der Waals surface area contributed by atoms with E-state index in [1.807, 2.05) is 6.07 Å². The second kappa shape index (κ2) is 5.69. The number of benzene rings is 2. The van der Waals surface area contributed by atoms with Gasteiger partial charge in [-0.15, -0.1) is 0 Å². The molecule has 23 heavy (non-hydrogen) atoms. The number of ketones is 1. The van der Waals surface area contributed by atoms with Gasteiger partial charge in [0, 0.05) is 36.5 Å². The molecule has 0 N–H and O–H groups in total. The van der Waals surface area contributed by atoms with E-state index in [4.69, 9.17) is 0 Å². The van der Waals surface area contributed by atoms with Crippen molar-refractivity contribution < 1.29 is 4.79 Å². The largest absolute Gasteiger partial charge is 0.350 e. The highest BCUT2D eigenvalue weighted by Crippen LogP contribution is 2.40. The summed E-state index contributed by atoms with van der Waals surface area (Å²) < 4.78 is 2.14. The standard InChI is InChI=1S/C21H21NO/c1-22-14-19(17-9-5-6-10-20(17)22)18-12-16(13-21(18)23)11-15-7-3-2-4-8-15/h2-10,14,16,18H,11-13H2,1H3/t16?,18-/m0/s1. The highest BCUT2D eigenvalue weighted by Gasteiger charge is 2.34. The highest BCUT2D eigenvalue weighted by molar-refractivity contribution is 5.94. The van der Waals surface area contributed by atoms with Crippen LogP contribution in [0.1, 0.15) is 29.9 Å². The Kier molecular flexibility index (Phi) is 3.53. The number of carbonyl (C=O) groups is 1. The van der Waals surface area contributed by atoms with E-state index in [9.17, 15) is 4.79 Å². The van der Waals surface area contributed by atoms with E-state index in [0.717, 1.165) is 12.8 Å². The predicted octanol–water partition coefficient (Wildman–Crippen LogP) is 4.48. The zero-order valence-electron chi connectivity index (χ0n) is 13.4. The van der Waals surface area contributed by atoms with Gasteiger partial charge in [-0.1, -0.05) is 48.5 Å². The van der Waals surface area contributed by atoms with Gasteiger partial charge in [-0.3, -0.25) is 4.79 Å². The summed E-state index contributed by atoms with van der Waals surface area (Å²) in [5.41, 5.74) is 3.76. The number of aromatic nitrogens is 1. The molecule has 0 spiro atoms. The maximum atomic E-state index is 12.6. The molecule has 1 aromatic heterocycles. The van der Waals surface area contributed by atoms with E-state index in [1.54, 1.807) is 0 Å². The first-order valence-electron chi connectivity index (χ1n) is 8.33. The number of hydrogen-bond acceptors (Lipinski definition) is 1. The second-order valence-corrected chi connectivity index (χ2v) is 6.73. The molecule has 2 heteroatoms. The molecule has 1 heterocycles. The Morgan fingerprint density at radius 2 is 1.78 bits per heavy atom. The van der Waals surface area contributed by atoms with Crippen molar-refractivity contribution in [3.05, 3.63) is 71.9 Å². The van der Waals surface area contributed by atoms with Gasteiger partial charge in [-0.2, -0.15) is 0 Å². The van der Waals surface area contributed by atoms with E-state index in [2.05, 4.69) is 66.3 Å². The predicted molar refractivity (Wildman–Crippen MR) is 93.5 cm³/mol. The Balaban J connectivity index is 1.61. The van der Waals surface area contributed by atoms with Crippen molar-refractivity contribution >= 4 is 16.7 Å². The second-order valence-electron chi connectivity index (χ2n) is 6.73. The van der Waals surface area contributed by atoms with Crippen LogP contribution in [0.15, 0.2) is 60.8 Å². The third-order valence-electron chi connectivity index (χ3n) is 5.12. The van der Waals surface area contributed by atoms with E-state index in [-0.39, 0.29) is 5.92 Å². The lowest BCUT2D eigenvalue weighted by Gasteiger charge is -2.10. The van der Waals surface area contributed by atoms with Crippen LogP contribution in [0, 0.1) is 5.92 Å². The maximum absolute atomic E-state index is 12.6. The molecule has 0 aliphatic heterocycles. The monoisotopic (exact) mass is 303 g/mol. The van der Waals surface area contributed by atoms with E-state index < -0.39 is 0 Å². The zero-order valence-corrected chi connectivity index (χ0v) is 13.4. The van der Waals surface area contributed by atoms with Crippen molar-refractivity contribution in [2.75, 3.05) is 0 Å². The van der Waals surface area contributed by atoms with Crippen molar-refractivity contribution in [3.8, 4) is 0 Å². The first-order valence-corrected chi connectivity index (χ1v) is 8.33.